The van der Waals surface area contributed by atoms with Crippen LogP contribution in [0, 0.1) is 0 Å². The fourth-order valence-corrected chi connectivity index (χ4v) is 1.81. The smallest absolute Gasteiger partial charge is 0.102 e. The molecule has 0 fully saturated rings. The number of hydrogen-bond donors (Lipinski definition) is 0. The van der Waals surface area contributed by atoms with Crippen molar-refractivity contribution < 1.29 is 4.18 Å². The maximum absolute atomic E-state index is 5.04. The van der Waals surface area contributed by atoms with Crippen LogP contribution in [0.4, 0.5) is 11.4 Å². The van der Waals surface area contributed by atoms with Crippen molar-refractivity contribution in [2.24, 2.45) is 10.2 Å². The predicted octanol–water partition coefficient (Wildman–Crippen LogP) is 4.76. The second-order valence-corrected chi connectivity index (χ2v) is 4.19. The van der Waals surface area contributed by atoms with Gasteiger partial charge in [0.25, 0.3) is 0 Å². The molecule has 0 atom stereocenters. The molecule has 0 saturated heterocycles. The fraction of sp³-hybridized carbons (Fsp3) is 0.0769. The zero-order valence-corrected chi connectivity index (χ0v) is 10.2. The second kappa shape index (κ2) is 6.18. The summed E-state index contributed by atoms with van der Waals surface area (Å²) in [6.45, 7) is 0. The maximum atomic E-state index is 5.04. The normalized spacial score (nSPS) is 10.9. The van der Waals surface area contributed by atoms with E-state index in [4.69, 9.17) is 4.18 Å². The molecule has 4 heteroatoms. The molecule has 0 amide bonds. The van der Waals surface area contributed by atoms with Crippen LogP contribution in [0.25, 0.3) is 0 Å². The van der Waals surface area contributed by atoms with Crippen molar-refractivity contribution in [3.63, 3.8) is 0 Å². The molecule has 0 aromatic heterocycles. The van der Waals surface area contributed by atoms with Crippen LogP contribution in [0.5, 0.6) is 0 Å². The molecule has 0 radical (unpaired) electrons. The minimum atomic E-state index is 0.809. The molecule has 0 spiro atoms. The van der Waals surface area contributed by atoms with E-state index in [-0.39, 0.29) is 0 Å². The van der Waals surface area contributed by atoms with Gasteiger partial charge in [0, 0.05) is 12.0 Å². The Hall–Kier alpha value is -1.65. The van der Waals surface area contributed by atoms with Gasteiger partial charge in [-0.15, -0.1) is 5.11 Å². The van der Waals surface area contributed by atoms with Crippen LogP contribution in [-0.4, -0.2) is 7.11 Å². The average molecular weight is 244 g/mol. The van der Waals surface area contributed by atoms with E-state index in [1.165, 1.54) is 12.0 Å². The van der Waals surface area contributed by atoms with Gasteiger partial charge in [-0.05, 0) is 24.3 Å². The van der Waals surface area contributed by atoms with Crippen molar-refractivity contribution in [1.29, 1.82) is 0 Å². The molecular weight excluding hydrogens is 232 g/mol. The highest BCUT2D eigenvalue weighted by Crippen LogP contribution is 2.30. The quantitative estimate of drug-likeness (QED) is 0.574. The van der Waals surface area contributed by atoms with E-state index in [2.05, 4.69) is 10.2 Å². The summed E-state index contributed by atoms with van der Waals surface area (Å²) in [5.74, 6) is 0. The summed E-state index contributed by atoms with van der Waals surface area (Å²) in [5.41, 5.74) is 1.65. The van der Waals surface area contributed by atoms with E-state index < -0.39 is 0 Å². The minimum Gasteiger partial charge on any atom is -0.314 e. The Morgan fingerprint density at radius 2 is 1.59 bits per heavy atom. The van der Waals surface area contributed by atoms with E-state index in [9.17, 15) is 0 Å². The molecule has 3 nitrogen and oxygen atoms in total. The van der Waals surface area contributed by atoms with Gasteiger partial charge in [0.2, 0.25) is 0 Å². The molecule has 0 aliphatic carbocycles. The van der Waals surface area contributed by atoms with Crippen molar-refractivity contribution in [2.75, 3.05) is 7.11 Å². The Kier molecular flexibility index (Phi) is 4.30. The van der Waals surface area contributed by atoms with Gasteiger partial charge < -0.3 is 4.18 Å². The highest BCUT2D eigenvalue weighted by Gasteiger charge is 2.00. The molecule has 0 N–H and O–H groups in total. The Morgan fingerprint density at radius 1 is 0.882 bits per heavy atom. The van der Waals surface area contributed by atoms with Crippen molar-refractivity contribution in [3.05, 3.63) is 54.6 Å². The Bertz CT molecular complexity index is 500. The first-order valence-corrected chi connectivity index (χ1v) is 5.91. The first kappa shape index (κ1) is 11.8. The molecular formula is C13H12N2OS. The van der Waals surface area contributed by atoms with Crippen LogP contribution in [0.15, 0.2) is 69.7 Å². The van der Waals surface area contributed by atoms with Crippen LogP contribution in [0.1, 0.15) is 0 Å². The summed E-state index contributed by atoms with van der Waals surface area (Å²) in [5, 5.41) is 8.39. The SMILES string of the molecule is COSc1ccccc1N=Nc1ccccc1. The second-order valence-electron chi connectivity index (χ2n) is 3.25. The summed E-state index contributed by atoms with van der Waals surface area (Å²) in [6.07, 6.45) is 0. The molecule has 2 aromatic rings. The third kappa shape index (κ3) is 3.41. The summed E-state index contributed by atoms with van der Waals surface area (Å²) < 4.78 is 5.04. The molecule has 17 heavy (non-hydrogen) atoms. The lowest BCUT2D eigenvalue weighted by Gasteiger charge is -2.00. The van der Waals surface area contributed by atoms with Crippen molar-refractivity contribution in [3.8, 4) is 0 Å². The summed E-state index contributed by atoms with van der Waals surface area (Å²) >= 11 is 1.28. The van der Waals surface area contributed by atoms with E-state index in [1.54, 1.807) is 7.11 Å². The Labute approximate surface area is 105 Å². The largest absolute Gasteiger partial charge is 0.314 e. The predicted molar refractivity (Wildman–Crippen MR) is 69.9 cm³/mol. The Morgan fingerprint density at radius 3 is 2.35 bits per heavy atom. The molecule has 0 unspecified atom stereocenters. The maximum Gasteiger partial charge on any atom is 0.102 e. The highest BCUT2D eigenvalue weighted by atomic mass is 32.2. The van der Waals surface area contributed by atoms with Crippen LogP contribution >= 0.6 is 12.0 Å². The lowest BCUT2D eigenvalue weighted by molar-refractivity contribution is 0.490. The minimum absolute atomic E-state index is 0.809. The van der Waals surface area contributed by atoms with Crippen molar-refractivity contribution in [1.82, 2.24) is 0 Å². The lowest BCUT2D eigenvalue weighted by Crippen LogP contribution is -1.73. The van der Waals surface area contributed by atoms with Gasteiger partial charge in [0.1, 0.15) is 5.69 Å². The molecule has 0 saturated carbocycles. The van der Waals surface area contributed by atoms with Gasteiger partial charge in [0.15, 0.2) is 0 Å². The monoisotopic (exact) mass is 244 g/mol. The summed E-state index contributed by atoms with van der Waals surface area (Å²) in [4.78, 5) is 0.953. The van der Waals surface area contributed by atoms with E-state index >= 15 is 0 Å². The van der Waals surface area contributed by atoms with E-state index in [0.717, 1.165) is 16.3 Å². The van der Waals surface area contributed by atoms with E-state index in [1.807, 2.05) is 54.6 Å². The highest BCUT2D eigenvalue weighted by molar-refractivity contribution is 7.94. The van der Waals surface area contributed by atoms with E-state index in [0.29, 0.717) is 0 Å². The first-order valence-electron chi connectivity index (χ1n) is 5.16. The third-order valence-corrected chi connectivity index (χ3v) is 2.76. The number of azo groups is 1. The standard InChI is InChI=1S/C13H12N2OS/c1-16-17-13-10-6-5-9-12(13)15-14-11-7-3-2-4-8-11/h2-10H,1H3. The number of hydrogen-bond acceptors (Lipinski definition) is 4. The van der Waals surface area contributed by atoms with Crippen LogP contribution in [0.3, 0.4) is 0 Å². The molecule has 0 bridgehead atoms. The van der Waals surface area contributed by atoms with Crippen molar-refractivity contribution in [2.45, 2.75) is 4.90 Å². The topological polar surface area (TPSA) is 34.0 Å². The van der Waals surface area contributed by atoms with Crippen LogP contribution in [-0.2, 0) is 4.18 Å². The fourth-order valence-electron chi connectivity index (χ4n) is 1.31. The van der Waals surface area contributed by atoms with Gasteiger partial charge in [0.05, 0.1) is 17.7 Å². The molecule has 2 aromatic carbocycles. The van der Waals surface area contributed by atoms with Gasteiger partial charge in [-0.25, -0.2) is 0 Å². The zero-order chi connectivity index (χ0) is 11.9. The van der Waals surface area contributed by atoms with Gasteiger partial charge >= 0.3 is 0 Å². The van der Waals surface area contributed by atoms with Gasteiger partial charge in [-0.3, -0.25) is 0 Å². The van der Waals surface area contributed by atoms with Gasteiger partial charge in [-0.2, -0.15) is 5.11 Å². The van der Waals surface area contributed by atoms with Crippen LogP contribution in [0.2, 0.25) is 0 Å². The summed E-state index contributed by atoms with van der Waals surface area (Å²) in [6, 6.07) is 17.4. The zero-order valence-electron chi connectivity index (χ0n) is 9.41. The molecule has 2 rings (SSSR count). The first-order chi connectivity index (χ1) is 8.40. The number of benzene rings is 2. The number of nitrogens with zero attached hydrogens (tertiary/aromatic N) is 2. The molecule has 86 valence electrons. The lowest BCUT2D eigenvalue weighted by atomic mass is 10.3. The summed E-state index contributed by atoms with van der Waals surface area (Å²) in [7, 11) is 1.63. The molecule has 0 heterocycles. The third-order valence-electron chi connectivity index (χ3n) is 2.07. The van der Waals surface area contributed by atoms with Crippen LogP contribution < -0.4 is 0 Å². The van der Waals surface area contributed by atoms with Crippen molar-refractivity contribution >= 4 is 23.4 Å². The van der Waals surface area contributed by atoms with Gasteiger partial charge in [-0.1, -0.05) is 30.3 Å². The molecule has 0 aliphatic rings. The number of rotatable bonds is 4. The average Bonchev–Trinajstić information content (AvgIpc) is 2.39. The molecule has 0 aliphatic heterocycles. The Balaban J connectivity index is 2.21.